The van der Waals surface area contributed by atoms with E-state index in [2.05, 4.69) is 0 Å². The van der Waals surface area contributed by atoms with Crippen LogP contribution in [0.2, 0.25) is 0 Å². The van der Waals surface area contributed by atoms with Crippen LogP contribution < -0.4 is 5.73 Å². The number of amides is 1. The van der Waals surface area contributed by atoms with Crippen LogP contribution in [0.15, 0.2) is 0 Å². The molecule has 1 saturated carbocycles. The summed E-state index contributed by atoms with van der Waals surface area (Å²) in [6, 6.07) is 0.181. The third-order valence-corrected chi connectivity index (χ3v) is 4.39. The molecule has 1 heterocycles. The van der Waals surface area contributed by atoms with Gasteiger partial charge >= 0.3 is 6.18 Å². The summed E-state index contributed by atoms with van der Waals surface area (Å²) < 4.78 is 37.6. The zero-order valence-electron chi connectivity index (χ0n) is 11.0. The van der Waals surface area contributed by atoms with E-state index < -0.39 is 12.1 Å². The Hall–Kier alpha value is -0.780. The molecule has 110 valence electrons. The third kappa shape index (κ3) is 3.61. The average molecular weight is 278 g/mol. The van der Waals surface area contributed by atoms with Crippen molar-refractivity contribution in [3.63, 3.8) is 0 Å². The minimum absolute atomic E-state index is 0.0257. The molecule has 0 aromatic heterocycles. The van der Waals surface area contributed by atoms with E-state index in [1.807, 2.05) is 0 Å². The molecule has 0 aromatic rings. The number of piperidine rings is 1. The van der Waals surface area contributed by atoms with E-state index in [0.29, 0.717) is 0 Å². The predicted octanol–water partition coefficient (Wildman–Crippen LogP) is 2.30. The monoisotopic (exact) mass is 278 g/mol. The SMILES string of the molecule is NC1CCC(C(=O)N2CCC(C(F)(F)F)CC2)CC1. The van der Waals surface area contributed by atoms with Gasteiger partial charge in [0, 0.05) is 25.0 Å². The molecule has 6 heteroatoms. The number of nitrogens with two attached hydrogens (primary N) is 1. The van der Waals surface area contributed by atoms with Crippen LogP contribution in [0.25, 0.3) is 0 Å². The van der Waals surface area contributed by atoms with Crippen LogP contribution >= 0.6 is 0 Å². The standard InChI is InChI=1S/C13H21F3N2O/c14-13(15,16)10-5-7-18(8-6-10)12(19)9-1-3-11(17)4-2-9/h9-11H,1-8,17H2. The second-order valence-electron chi connectivity index (χ2n) is 5.75. The molecule has 3 nitrogen and oxygen atoms in total. The van der Waals surface area contributed by atoms with Crippen LogP contribution in [0.3, 0.4) is 0 Å². The number of likely N-dealkylation sites (tertiary alicyclic amines) is 1. The summed E-state index contributed by atoms with van der Waals surface area (Å²) in [5, 5.41) is 0. The molecule has 0 bridgehead atoms. The van der Waals surface area contributed by atoms with Gasteiger partial charge in [-0.25, -0.2) is 0 Å². The number of hydrogen-bond donors (Lipinski definition) is 1. The molecule has 0 aromatic carbocycles. The van der Waals surface area contributed by atoms with E-state index in [1.165, 1.54) is 0 Å². The van der Waals surface area contributed by atoms with Crippen molar-refractivity contribution < 1.29 is 18.0 Å². The number of carbonyl (C=O) groups excluding carboxylic acids is 1. The molecule has 2 rings (SSSR count). The summed E-state index contributed by atoms with van der Waals surface area (Å²) in [6.45, 7) is 0.483. The van der Waals surface area contributed by atoms with Crippen molar-refractivity contribution in [3.8, 4) is 0 Å². The number of hydrogen-bond acceptors (Lipinski definition) is 2. The Morgan fingerprint density at radius 2 is 1.53 bits per heavy atom. The van der Waals surface area contributed by atoms with Crippen molar-refractivity contribution in [1.29, 1.82) is 0 Å². The molecule has 1 aliphatic heterocycles. The number of rotatable bonds is 1. The van der Waals surface area contributed by atoms with E-state index in [1.54, 1.807) is 4.90 Å². The van der Waals surface area contributed by atoms with Crippen LogP contribution in [-0.2, 0) is 4.79 Å². The number of halogens is 3. The van der Waals surface area contributed by atoms with Crippen LogP contribution in [0.4, 0.5) is 13.2 Å². The van der Waals surface area contributed by atoms with Gasteiger partial charge in [-0.1, -0.05) is 0 Å². The van der Waals surface area contributed by atoms with Crippen molar-refractivity contribution in [2.24, 2.45) is 17.6 Å². The number of carbonyl (C=O) groups is 1. The number of nitrogens with zero attached hydrogens (tertiary/aromatic N) is 1. The highest BCUT2D eigenvalue weighted by molar-refractivity contribution is 5.79. The molecule has 0 radical (unpaired) electrons. The first-order chi connectivity index (χ1) is 8.88. The Labute approximate surface area is 111 Å². The van der Waals surface area contributed by atoms with Crippen molar-refractivity contribution in [2.75, 3.05) is 13.1 Å². The summed E-state index contributed by atoms with van der Waals surface area (Å²) in [6.07, 6.45) is -0.793. The van der Waals surface area contributed by atoms with E-state index in [9.17, 15) is 18.0 Å². The van der Waals surface area contributed by atoms with Gasteiger partial charge in [-0.3, -0.25) is 4.79 Å². The lowest BCUT2D eigenvalue weighted by molar-refractivity contribution is -0.187. The summed E-state index contributed by atoms with van der Waals surface area (Å²) in [7, 11) is 0. The van der Waals surface area contributed by atoms with Gasteiger partial charge in [-0.2, -0.15) is 13.2 Å². The highest BCUT2D eigenvalue weighted by atomic mass is 19.4. The summed E-state index contributed by atoms with van der Waals surface area (Å²) in [5.41, 5.74) is 5.79. The van der Waals surface area contributed by atoms with Gasteiger partial charge in [0.15, 0.2) is 0 Å². The van der Waals surface area contributed by atoms with E-state index in [-0.39, 0.29) is 43.8 Å². The van der Waals surface area contributed by atoms with Crippen molar-refractivity contribution in [2.45, 2.75) is 50.7 Å². The van der Waals surface area contributed by atoms with Gasteiger partial charge in [0.05, 0.1) is 5.92 Å². The molecule has 0 atom stereocenters. The first-order valence-corrected chi connectivity index (χ1v) is 6.99. The normalized spacial score (nSPS) is 30.4. The Kier molecular flexibility index (Phi) is 4.38. The molecule has 1 saturated heterocycles. The van der Waals surface area contributed by atoms with E-state index in [4.69, 9.17) is 5.73 Å². The molecule has 2 fully saturated rings. The third-order valence-electron chi connectivity index (χ3n) is 4.39. The summed E-state index contributed by atoms with van der Waals surface area (Å²) >= 11 is 0. The molecule has 2 N–H and O–H groups in total. The molecule has 2 aliphatic rings. The molecular formula is C13H21F3N2O. The fourth-order valence-electron chi connectivity index (χ4n) is 3.05. The maximum Gasteiger partial charge on any atom is 0.391 e. The molecule has 0 spiro atoms. The molecule has 0 unspecified atom stereocenters. The van der Waals surface area contributed by atoms with E-state index in [0.717, 1.165) is 25.7 Å². The van der Waals surface area contributed by atoms with Crippen molar-refractivity contribution >= 4 is 5.91 Å². The zero-order chi connectivity index (χ0) is 14.0. The lowest BCUT2D eigenvalue weighted by Gasteiger charge is -2.36. The molecule has 1 aliphatic carbocycles. The predicted molar refractivity (Wildman–Crippen MR) is 65.3 cm³/mol. The topological polar surface area (TPSA) is 46.3 Å². The highest BCUT2D eigenvalue weighted by Gasteiger charge is 2.42. The quantitative estimate of drug-likeness (QED) is 0.800. The van der Waals surface area contributed by atoms with Gasteiger partial charge in [0.1, 0.15) is 0 Å². The first-order valence-electron chi connectivity index (χ1n) is 6.99. The fourth-order valence-corrected chi connectivity index (χ4v) is 3.05. The average Bonchev–Trinajstić information content (AvgIpc) is 2.38. The lowest BCUT2D eigenvalue weighted by Crippen LogP contribution is -2.45. The first kappa shape index (κ1) is 14.6. The Morgan fingerprint density at radius 3 is 2.00 bits per heavy atom. The van der Waals surface area contributed by atoms with Gasteiger partial charge < -0.3 is 10.6 Å². The molecule has 19 heavy (non-hydrogen) atoms. The summed E-state index contributed by atoms with van der Waals surface area (Å²) in [5.74, 6) is -1.23. The smallest absolute Gasteiger partial charge is 0.342 e. The maximum absolute atomic E-state index is 12.5. The lowest BCUT2D eigenvalue weighted by atomic mass is 9.85. The van der Waals surface area contributed by atoms with Crippen LogP contribution in [0, 0.1) is 11.8 Å². The summed E-state index contributed by atoms with van der Waals surface area (Å²) in [4.78, 5) is 13.8. The zero-order valence-corrected chi connectivity index (χ0v) is 11.0. The highest BCUT2D eigenvalue weighted by Crippen LogP contribution is 2.35. The van der Waals surface area contributed by atoms with Crippen molar-refractivity contribution in [1.82, 2.24) is 4.90 Å². The van der Waals surface area contributed by atoms with Crippen molar-refractivity contribution in [3.05, 3.63) is 0 Å². The van der Waals surface area contributed by atoms with E-state index >= 15 is 0 Å². The van der Waals surface area contributed by atoms with Gasteiger partial charge in [-0.05, 0) is 38.5 Å². The Bertz CT molecular complexity index is 316. The number of alkyl halides is 3. The van der Waals surface area contributed by atoms with Gasteiger partial charge in [-0.15, -0.1) is 0 Å². The largest absolute Gasteiger partial charge is 0.391 e. The Balaban J connectivity index is 1.82. The second-order valence-corrected chi connectivity index (χ2v) is 5.75. The second kappa shape index (κ2) is 5.69. The fraction of sp³-hybridized carbons (Fsp3) is 0.923. The van der Waals surface area contributed by atoms with Crippen LogP contribution in [-0.4, -0.2) is 36.1 Å². The molecule has 1 amide bonds. The minimum atomic E-state index is -4.12. The maximum atomic E-state index is 12.5. The minimum Gasteiger partial charge on any atom is -0.342 e. The Morgan fingerprint density at radius 1 is 1.00 bits per heavy atom. The van der Waals surface area contributed by atoms with Gasteiger partial charge in [0.2, 0.25) is 5.91 Å². The van der Waals surface area contributed by atoms with Crippen LogP contribution in [0.1, 0.15) is 38.5 Å². The van der Waals surface area contributed by atoms with Gasteiger partial charge in [0.25, 0.3) is 0 Å². The van der Waals surface area contributed by atoms with Crippen LogP contribution in [0.5, 0.6) is 0 Å². The molecular weight excluding hydrogens is 257 g/mol.